The van der Waals surface area contributed by atoms with Crippen LogP contribution in [0.4, 0.5) is 4.39 Å². The van der Waals surface area contributed by atoms with Crippen LogP contribution in [0.25, 0.3) is 0 Å². The zero-order chi connectivity index (χ0) is 18.2. The topological polar surface area (TPSA) is 39.7 Å². The lowest BCUT2D eigenvalue weighted by molar-refractivity contribution is 0.179. The van der Waals surface area contributed by atoms with Crippen molar-refractivity contribution in [1.82, 2.24) is 15.5 Å². The molecule has 2 aromatic rings. The molecule has 1 aliphatic heterocycles. The molecule has 2 heterocycles. The van der Waals surface area contributed by atoms with Gasteiger partial charge in [0, 0.05) is 31.6 Å². The van der Waals surface area contributed by atoms with Gasteiger partial charge in [-0.3, -0.25) is 9.89 Å². The lowest BCUT2D eigenvalue weighted by Gasteiger charge is -2.32. The molecule has 1 aromatic heterocycles. The van der Waals surface area contributed by atoms with Gasteiger partial charge in [-0.05, 0) is 61.0 Å². The molecular formula is C20H27FN4S. The summed E-state index contributed by atoms with van der Waals surface area (Å²) >= 11 is 1.84. The van der Waals surface area contributed by atoms with Crippen molar-refractivity contribution in [2.45, 2.75) is 25.9 Å². The molecule has 1 saturated heterocycles. The van der Waals surface area contributed by atoms with Gasteiger partial charge in [-0.15, -0.1) is 11.3 Å². The monoisotopic (exact) mass is 374 g/mol. The van der Waals surface area contributed by atoms with Gasteiger partial charge in [-0.1, -0.05) is 18.2 Å². The average molecular weight is 375 g/mol. The van der Waals surface area contributed by atoms with Crippen molar-refractivity contribution in [2.75, 3.05) is 26.7 Å². The molecule has 0 radical (unpaired) electrons. The van der Waals surface area contributed by atoms with Crippen LogP contribution in [-0.4, -0.2) is 37.5 Å². The first-order valence-electron chi connectivity index (χ1n) is 9.16. The molecule has 0 bridgehead atoms. The van der Waals surface area contributed by atoms with Gasteiger partial charge in [0.15, 0.2) is 5.96 Å². The normalized spacial score (nSPS) is 16.6. The molecule has 0 atom stereocenters. The highest BCUT2D eigenvalue weighted by atomic mass is 32.1. The predicted molar refractivity (Wildman–Crippen MR) is 107 cm³/mol. The van der Waals surface area contributed by atoms with Crippen LogP contribution in [0.1, 0.15) is 23.3 Å². The van der Waals surface area contributed by atoms with Crippen molar-refractivity contribution in [3.8, 4) is 0 Å². The number of thiophene rings is 1. The highest BCUT2D eigenvalue weighted by Gasteiger charge is 2.19. The molecule has 0 aliphatic carbocycles. The number of aliphatic imine (C=N–C) groups is 1. The number of rotatable bonds is 6. The van der Waals surface area contributed by atoms with E-state index in [2.05, 4.69) is 38.0 Å². The van der Waals surface area contributed by atoms with Crippen LogP contribution >= 0.6 is 11.3 Å². The minimum atomic E-state index is -0.207. The summed E-state index contributed by atoms with van der Waals surface area (Å²) in [5.74, 6) is 1.27. The van der Waals surface area contributed by atoms with Crippen LogP contribution in [0.3, 0.4) is 0 Å². The smallest absolute Gasteiger partial charge is 0.191 e. The molecule has 0 spiro atoms. The highest BCUT2D eigenvalue weighted by molar-refractivity contribution is 7.09. The summed E-state index contributed by atoms with van der Waals surface area (Å²) in [6.07, 6.45) is 2.43. The fourth-order valence-electron chi connectivity index (χ4n) is 3.22. The van der Waals surface area contributed by atoms with Gasteiger partial charge in [0.05, 0.1) is 0 Å². The van der Waals surface area contributed by atoms with E-state index in [9.17, 15) is 4.39 Å². The van der Waals surface area contributed by atoms with E-state index in [4.69, 9.17) is 0 Å². The highest BCUT2D eigenvalue weighted by Crippen LogP contribution is 2.20. The molecule has 1 fully saturated rings. The Kier molecular flexibility index (Phi) is 7.03. The number of piperidine rings is 1. The molecule has 140 valence electrons. The Morgan fingerprint density at radius 1 is 1.19 bits per heavy atom. The van der Waals surface area contributed by atoms with Gasteiger partial charge in [0.2, 0.25) is 0 Å². The first-order valence-corrected chi connectivity index (χ1v) is 10.0. The van der Waals surface area contributed by atoms with E-state index >= 15 is 0 Å². The van der Waals surface area contributed by atoms with Gasteiger partial charge in [0.1, 0.15) is 5.82 Å². The lowest BCUT2D eigenvalue weighted by atomic mass is 9.97. The van der Waals surface area contributed by atoms with E-state index in [0.717, 1.165) is 37.7 Å². The molecule has 4 nitrogen and oxygen atoms in total. The summed E-state index contributed by atoms with van der Waals surface area (Å²) < 4.78 is 13.0. The number of benzene rings is 1. The molecular weight excluding hydrogens is 347 g/mol. The van der Waals surface area contributed by atoms with E-state index in [-0.39, 0.29) is 5.82 Å². The third kappa shape index (κ3) is 5.81. The predicted octanol–water partition coefficient (Wildman–Crippen LogP) is 3.46. The standard InChI is InChI=1S/C20H27FN4S/c1-22-20(23-13-16-4-6-18(21)7-5-16)24-14-17-8-10-25(11-9-17)15-19-3-2-12-26-19/h2-7,12,17H,8-11,13-15H2,1H3,(H2,22,23,24). The second-order valence-corrected chi connectivity index (χ2v) is 7.76. The van der Waals surface area contributed by atoms with Crippen LogP contribution in [0, 0.1) is 11.7 Å². The van der Waals surface area contributed by atoms with Gasteiger partial charge < -0.3 is 10.6 Å². The summed E-state index contributed by atoms with van der Waals surface area (Å²) in [5, 5.41) is 8.87. The Balaban J connectivity index is 1.36. The fraction of sp³-hybridized carbons (Fsp3) is 0.450. The molecule has 3 rings (SSSR count). The van der Waals surface area contributed by atoms with E-state index in [1.807, 2.05) is 11.3 Å². The number of guanidine groups is 1. The molecule has 2 N–H and O–H groups in total. The lowest BCUT2D eigenvalue weighted by Crippen LogP contribution is -2.42. The Labute approximate surface area is 159 Å². The van der Waals surface area contributed by atoms with E-state index in [0.29, 0.717) is 12.5 Å². The maximum atomic E-state index is 13.0. The van der Waals surface area contributed by atoms with Crippen LogP contribution in [0.2, 0.25) is 0 Å². The van der Waals surface area contributed by atoms with Crippen LogP contribution in [0.15, 0.2) is 46.8 Å². The van der Waals surface area contributed by atoms with Crippen molar-refractivity contribution in [1.29, 1.82) is 0 Å². The Morgan fingerprint density at radius 2 is 1.96 bits per heavy atom. The summed E-state index contributed by atoms with van der Waals surface area (Å²) in [5.41, 5.74) is 1.04. The number of hydrogen-bond acceptors (Lipinski definition) is 3. The average Bonchev–Trinajstić information content (AvgIpc) is 3.17. The largest absolute Gasteiger partial charge is 0.356 e. The zero-order valence-electron chi connectivity index (χ0n) is 15.2. The van der Waals surface area contributed by atoms with E-state index in [1.165, 1.54) is 29.9 Å². The van der Waals surface area contributed by atoms with Gasteiger partial charge in [-0.25, -0.2) is 4.39 Å². The second kappa shape index (κ2) is 9.69. The van der Waals surface area contributed by atoms with E-state index in [1.54, 1.807) is 19.2 Å². The van der Waals surface area contributed by atoms with Crippen molar-refractivity contribution in [3.63, 3.8) is 0 Å². The first-order chi connectivity index (χ1) is 12.7. The van der Waals surface area contributed by atoms with Crippen molar-refractivity contribution in [3.05, 3.63) is 58.0 Å². The third-order valence-corrected chi connectivity index (χ3v) is 5.68. The Morgan fingerprint density at radius 3 is 2.62 bits per heavy atom. The van der Waals surface area contributed by atoms with Crippen LogP contribution in [-0.2, 0) is 13.1 Å². The molecule has 0 saturated carbocycles. The van der Waals surface area contributed by atoms with Gasteiger partial charge in [-0.2, -0.15) is 0 Å². The zero-order valence-corrected chi connectivity index (χ0v) is 16.1. The number of likely N-dealkylation sites (tertiary alicyclic amines) is 1. The summed E-state index contributed by atoms with van der Waals surface area (Å²) in [6, 6.07) is 10.9. The second-order valence-electron chi connectivity index (χ2n) is 6.73. The van der Waals surface area contributed by atoms with Crippen molar-refractivity contribution >= 4 is 17.3 Å². The third-order valence-electron chi connectivity index (χ3n) is 4.82. The molecule has 0 amide bonds. The summed E-state index contributed by atoms with van der Waals surface area (Å²) in [6.45, 7) is 4.98. The Bertz CT molecular complexity index is 676. The summed E-state index contributed by atoms with van der Waals surface area (Å²) in [7, 11) is 1.78. The van der Waals surface area contributed by atoms with Gasteiger partial charge in [0.25, 0.3) is 0 Å². The molecule has 1 aliphatic rings. The van der Waals surface area contributed by atoms with Gasteiger partial charge >= 0.3 is 0 Å². The molecule has 6 heteroatoms. The molecule has 1 aromatic carbocycles. The minimum Gasteiger partial charge on any atom is -0.356 e. The molecule has 26 heavy (non-hydrogen) atoms. The number of hydrogen-bond donors (Lipinski definition) is 2. The van der Waals surface area contributed by atoms with Crippen LogP contribution in [0.5, 0.6) is 0 Å². The first kappa shape index (κ1) is 18.9. The van der Waals surface area contributed by atoms with Crippen molar-refractivity contribution in [2.24, 2.45) is 10.9 Å². The maximum absolute atomic E-state index is 13.0. The number of nitrogens with zero attached hydrogens (tertiary/aromatic N) is 2. The van der Waals surface area contributed by atoms with E-state index < -0.39 is 0 Å². The number of nitrogens with one attached hydrogen (secondary N) is 2. The fourth-order valence-corrected chi connectivity index (χ4v) is 3.97. The molecule has 0 unspecified atom stereocenters. The minimum absolute atomic E-state index is 0.207. The Hall–Kier alpha value is -1.92. The quantitative estimate of drug-likeness (QED) is 0.601. The number of halogens is 1. The van der Waals surface area contributed by atoms with Crippen LogP contribution < -0.4 is 10.6 Å². The SMILES string of the molecule is CN=C(NCc1ccc(F)cc1)NCC1CCN(Cc2cccs2)CC1. The summed E-state index contributed by atoms with van der Waals surface area (Å²) in [4.78, 5) is 8.28. The van der Waals surface area contributed by atoms with Crippen molar-refractivity contribution < 1.29 is 4.39 Å². The maximum Gasteiger partial charge on any atom is 0.191 e.